The number of pyridine rings is 2. The van der Waals surface area contributed by atoms with Crippen molar-refractivity contribution in [2.45, 2.75) is 6.18 Å². The molecule has 12 aromatic rings. The molecule has 70 heavy (non-hydrogen) atoms. The number of nitriles is 1. The van der Waals surface area contributed by atoms with Gasteiger partial charge >= 0.3 is 6.18 Å². The number of halogens is 3. The van der Waals surface area contributed by atoms with Gasteiger partial charge in [-0.3, -0.25) is 9.97 Å². The fourth-order valence-electron chi connectivity index (χ4n) is 10.0. The molecule has 0 amide bonds. The van der Waals surface area contributed by atoms with Crippen LogP contribution >= 0.6 is 0 Å². The summed E-state index contributed by atoms with van der Waals surface area (Å²) in [6.07, 6.45) is -1.23. The fourth-order valence-corrected chi connectivity index (χ4v) is 10.0. The molecule has 0 aliphatic heterocycles. The molecule has 4 aromatic heterocycles. The molecule has 0 fully saturated rings. The first-order valence-corrected chi connectivity index (χ1v) is 22.5. The van der Waals surface area contributed by atoms with Gasteiger partial charge in [0.2, 0.25) is 0 Å². The molecular formula is C61H35F3N6. The van der Waals surface area contributed by atoms with E-state index in [1.54, 1.807) is 24.5 Å². The summed E-state index contributed by atoms with van der Waals surface area (Å²) in [5.74, 6) is 0. The fraction of sp³-hybridized carbons (Fsp3) is 0.0164. The molecule has 0 unspecified atom stereocenters. The third-order valence-electron chi connectivity index (χ3n) is 13.0. The molecule has 6 nitrogen and oxygen atoms in total. The molecule has 12 rings (SSSR count). The summed E-state index contributed by atoms with van der Waals surface area (Å²) in [4.78, 5) is 13.2. The van der Waals surface area contributed by atoms with Crippen molar-refractivity contribution in [2.75, 3.05) is 0 Å². The number of para-hydroxylation sites is 2. The van der Waals surface area contributed by atoms with Gasteiger partial charge in [-0.05, 0) is 83.4 Å². The number of fused-ring (bicyclic) bond motifs is 6. The van der Waals surface area contributed by atoms with Gasteiger partial charge < -0.3 is 9.13 Å². The van der Waals surface area contributed by atoms with Gasteiger partial charge in [-0.15, -0.1) is 0 Å². The minimum Gasteiger partial charge on any atom is -0.308 e. The minimum atomic E-state index is -4.77. The number of alkyl halides is 3. The molecule has 0 aliphatic rings. The lowest BCUT2D eigenvalue weighted by atomic mass is 9.95. The number of nitrogens with zero attached hydrogens (tertiary/aromatic N) is 6. The van der Waals surface area contributed by atoms with Crippen LogP contribution in [-0.2, 0) is 6.18 Å². The summed E-state index contributed by atoms with van der Waals surface area (Å²) in [7, 11) is 0. The summed E-state index contributed by atoms with van der Waals surface area (Å²) < 4.78 is 49.3. The van der Waals surface area contributed by atoms with E-state index in [4.69, 9.17) is 16.5 Å². The van der Waals surface area contributed by atoms with Crippen molar-refractivity contribution in [3.63, 3.8) is 0 Å². The van der Waals surface area contributed by atoms with E-state index in [1.165, 1.54) is 6.07 Å². The van der Waals surface area contributed by atoms with Crippen molar-refractivity contribution in [3.8, 4) is 73.3 Å². The first-order valence-electron chi connectivity index (χ1n) is 22.5. The molecule has 0 N–H and O–H groups in total. The van der Waals surface area contributed by atoms with Gasteiger partial charge in [-0.1, -0.05) is 133 Å². The highest BCUT2D eigenvalue weighted by Gasteiger charge is 2.32. The molecule has 0 atom stereocenters. The van der Waals surface area contributed by atoms with Crippen LogP contribution in [0.3, 0.4) is 0 Å². The summed E-state index contributed by atoms with van der Waals surface area (Å²) in [5.41, 5.74) is 10.7. The Labute approximate surface area is 399 Å². The second-order valence-electron chi connectivity index (χ2n) is 17.1. The molecule has 0 bridgehead atoms. The third kappa shape index (κ3) is 6.96. The summed E-state index contributed by atoms with van der Waals surface area (Å²) in [6, 6.07) is 65.4. The molecule has 8 aromatic carbocycles. The monoisotopic (exact) mass is 908 g/mol. The Hall–Kier alpha value is -9.57. The van der Waals surface area contributed by atoms with Gasteiger partial charge in [0.25, 0.3) is 0 Å². The van der Waals surface area contributed by atoms with E-state index in [-0.39, 0.29) is 16.8 Å². The molecule has 0 radical (unpaired) electrons. The van der Waals surface area contributed by atoms with Gasteiger partial charge in [0, 0.05) is 67.3 Å². The number of rotatable bonds is 7. The van der Waals surface area contributed by atoms with E-state index in [2.05, 4.69) is 47.3 Å². The predicted octanol–water partition coefficient (Wildman–Crippen LogP) is 16.4. The van der Waals surface area contributed by atoms with E-state index >= 15 is 13.2 Å². The maximum atomic E-state index is 15.1. The van der Waals surface area contributed by atoms with Crippen LogP contribution in [0.5, 0.6) is 0 Å². The Morgan fingerprint density at radius 1 is 0.457 bits per heavy atom. The third-order valence-corrected chi connectivity index (χ3v) is 13.0. The van der Waals surface area contributed by atoms with Crippen LogP contribution in [0.4, 0.5) is 18.9 Å². The molecule has 0 spiro atoms. The van der Waals surface area contributed by atoms with Crippen molar-refractivity contribution in [1.82, 2.24) is 19.1 Å². The van der Waals surface area contributed by atoms with Crippen molar-refractivity contribution in [3.05, 3.63) is 235 Å². The second-order valence-corrected chi connectivity index (χ2v) is 17.1. The van der Waals surface area contributed by atoms with E-state index in [1.807, 2.05) is 143 Å². The van der Waals surface area contributed by atoms with Crippen LogP contribution < -0.4 is 0 Å². The van der Waals surface area contributed by atoms with E-state index in [9.17, 15) is 5.26 Å². The van der Waals surface area contributed by atoms with Gasteiger partial charge in [-0.25, -0.2) is 4.85 Å². The Morgan fingerprint density at radius 2 is 0.929 bits per heavy atom. The topological polar surface area (TPSA) is 63.8 Å². The lowest BCUT2D eigenvalue weighted by Crippen LogP contribution is -2.07. The largest absolute Gasteiger partial charge is 0.415 e. The molecule has 330 valence electrons. The molecule has 4 heterocycles. The Morgan fingerprint density at radius 3 is 1.40 bits per heavy atom. The standard InChI is InChI=1S/C61H35F3N6/c1-66-45-33-43(32-44(36-45)61(62,63)64)58-56(69-52-22-10-8-18-48(52)50-26-24-41(34-54(50)69)46-20-12-28-67-59(46)39-14-4-2-5-15-39)30-38(37-65)31-57(58)70-53-23-11-9-19-49(53)51-27-25-42(35-55(51)70)47-21-13-29-68-60(47)40-16-6-3-7-17-40/h2-36H. The molecule has 9 heteroatoms. The van der Waals surface area contributed by atoms with Crippen LogP contribution in [0.2, 0.25) is 0 Å². The predicted molar refractivity (Wildman–Crippen MR) is 274 cm³/mol. The quantitative estimate of drug-likeness (QED) is 0.150. The minimum absolute atomic E-state index is 0.164. The van der Waals surface area contributed by atoms with Gasteiger partial charge in [0.1, 0.15) is 0 Å². The lowest BCUT2D eigenvalue weighted by molar-refractivity contribution is -0.137. The highest BCUT2D eigenvalue weighted by Crippen LogP contribution is 2.47. The zero-order valence-corrected chi connectivity index (χ0v) is 37.0. The summed E-state index contributed by atoms with van der Waals surface area (Å²) >= 11 is 0. The summed E-state index contributed by atoms with van der Waals surface area (Å²) in [6.45, 7) is 8.05. The Kier molecular flexibility index (Phi) is 9.94. The highest BCUT2D eigenvalue weighted by atomic mass is 19.4. The maximum Gasteiger partial charge on any atom is 0.415 e. The van der Waals surface area contributed by atoms with E-state index < -0.39 is 11.7 Å². The normalized spacial score (nSPS) is 11.6. The SMILES string of the molecule is [C-]#[N+]c1cc(-c2c(-n3c4ccccc4c4ccc(-c5cccnc5-c5ccccc5)cc43)cc(C#N)cc2-n2c3ccccc3c3ccc(-c4cccnc4-c4ccccc4)cc32)cc(C(F)(F)F)c1. The second kappa shape index (κ2) is 16.6. The number of hydrogen-bond acceptors (Lipinski definition) is 3. The molecule has 0 saturated carbocycles. The molecule has 0 saturated heterocycles. The van der Waals surface area contributed by atoms with Crippen LogP contribution in [0.25, 0.3) is 116 Å². The first-order chi connectivity index (χ1) is 34.3. The maximum absolute atomic E-state index is 15.1. The highest BCUT2D eigenvalue weighted by molar-refractivity contribution is 6.13. The molecule has 0 aliphatic carbocycles. The zero-order chi connectivity index (χ0) is 47.5. The summed E-state index contributed by atoms with van der Waals surface area (Å²) in [5, 5.41) is 14.6. The number of aromatic nitrogens is 4. The van der Waals surface area contributed by atoms with Gasteiger partial charge in [0.05, 0.1) is 63.0 Å². The number of hydrogen-bond donors (Lipinski definition) is 0. The molecular weight excluding hydrogens is 874 g/mol. The van der Waals surface area contributed by atoms with Crippen LogP contribution in [-0.4, -0.2) is 19.1 Å². The van der Waals surface area contributed by atoms with Crippen molar-refractivity contribution >= 4 is 49.3 Å². The van der Waals surface area contributed by atoms with Crippen molar-refractivity contribution in [2.24, 2.45) is 0 Å². The van der Waals surface area contributed by atoms with Gasteiger partial charge in [-0.2, -0.15) is 18.4 Å². The Balaban J connectivity index is 1.22. The lowest BCUT2D eigenvalue weighted by Gasteiger charge is -2.22. The average molecular weight is 909 g/mol. The first kappa shape index (κ1) is 41.8. The van der Waals surface area contributed by atoms with Crippen molar-refractivity contribution < 1.29 is 13.2 Å². The van der Waals surface area contributed by atoms with Crippen LogP contribution in [0.15, 0.2) is 213 Å². The van der Waals surface area contributed by atoms with Crippen LogP contribution in [0.1, 0.15) is 11.1 Å². The van der Waals surface area contributed by atoms with Gasteiger partial charge in [0.15, 0.2) is 5.69 Å². The van der Waals surface area contributed by atoms with E-state index in [0.29, 0.717) is 16.9 Å². The average Bonchev–Trinajstić information content (AvgIpc) is 3.92. The smallest absolute Gasteiger partial charge is 0.308 e. The van der Waals surface area contributed by atoms with Crippen LogP contribution in [0, 0.1) is 17.9 Å². The van der Waals surface area contributed by atoms with E-state index in [0.717, 1.165) is 101 Å². The Bertz CT molecular complexity index is 3920. The van der Waals surface area contributed by atoms with Crippen molar-refractivity contribution in [1.29, 1.82) is 5.26 Å². The zero-order valence-electron chi connectivity index (χ0n) is 37.0. The number of benzene rings is 8.